The number of carboxylic acids is 1. The molecule has 0 spiro atoms. The second-order valence-electron chi connectivity index (χ2n) is 2.43. The lowest BCUT2D eigenvalue weighted by Crippen LogP contribution is -2.08. The molecule has 0 amide bonds. The number of carboxylic acid groups (broad SMARTS) is 1. The van der Waals surface area contributed by atoms with E-state index >= 15 is 0 Å². The zero-order valence-corrected chi connectivity index (χ0v) is 7.03. The maximum absolute atomic E-state index is 11.0. The fourth-order valence-electron chi connectivity index (χ4n) is 1.00. The van der Waals surface area contributed by atoms with Gasteiger partial charge < -0.3 is 14.8 Å². The highest BCUT2D eigenvalue weighted by Gasteiger charge is 2.14. The number of carbonyl (C=O) groups excluding carboxylic acids is 1. The second kappa shape index (κ2) is 3.75. The van der Waals surface area contributed by atoms with E-state index in [0.717, 1.165) is 0 Å². The van der Waals surface area contributed by atoms with Crippen LogP contribution in [0.15, 0.2) is 12.3 Å². The van der Waals surface area contributed by atoms with E-state index in [9.17, 15) is 9.59 Å². The van der Waals surface area contributed by atoms with Gasteiger partial charge in [0.1, 0.15) is 0 Å². The van der Waals surface area contributed by atoms with Crippen molar-refractivity contribution in [1.29, 1.82) is 0 Å². The lowest BCUT2D eigenvalue weighted by Gasteiger charge is -1.98. The second-order valence-corrected chi connectivity index (χ2v) is 2.43. The number of esters is 1. The van der Waals surface area contributed by atoms with Crippen LogP contribution in [0, 0.1) is 0 Å². The molecule has 13 heavy (non-hydrogen) atoms. The summed E-state index contributed by atoms with van der Waals surface area (Å²) in [5.41, 5.74) is 0.629. The highest BCUT2D eigenvalue weighted by atomic mass is 16.5. The van der Waals surface area contributed by atoms with Gasteiger partial charge in [-0.25, -0.2) is 4.79 Å². The van der Waals surface area contributed by atoms with Gasteiger partial charge in [0.05, 0.1) is 19.1 Å². The van der Waals surface area contributed by atoms with Crippen molar-refractivity contribution in [3.8, 4) is 0 Å². The molecule has 1 rings (SSSR count). The molecule has 0 saturated carbocycles. The van der Waals surface area contributed by atoms with Gasteiger partial charge in [0.25, 0.3) is 0 Å². The number of aliphatic carboxylic acids is 1. The highest BCUT2D eigenvalue weighted by molar-refractivity contribution is 5.91. The van der Waals surface area contributed by atoms with Crippen molar-refractivity contribution in [2.45, 2.75) is 6.42 Å². The maximum atomic E-state index is 11.0. The van der Waals surface area contributed by atoms with Gasteiger partial charge in [0, 0.05) is 11.9 Å². The van der Waals surface area contributed by atoms with Crippen LogP contribution in [0.25, 0.3) is 0 Å². The number of hydrogen-bond acceptors (Lipinski definition) is 3. The van der Waals surface area contributed by atoms with Crippen LogP contribution in [0.1, 0.15) is 16.1 Å². The zero-order chi connectivity index (χ0) is 9.84. The lowest BCUT2D eigenvalue weighted by atomic mass is 10.2. The molecule has 1 aromatic heterocycles. The Labute approximate surface area is 74.3 Å². The summed E-state index contributed by atoms with van der Waals surface area (Å²) in [6.45, 7) is 0. The van der Waals surface area contributed by atoms with Gasteiger partial charge in [-0.15, -0.1) is 0 Å². The lowest BCUT2D eigenvalue weighted by molar-refractivity contribution is -0.136. The van der Waals surface area contributed by atoms with Gasteiger partial charge in [0.2, 0.25) is 0 Å². The minimum absolute atomic E-state index is 0.211. The predicted molar refractivity (Wildman–Crippen MR) is 43.5 cm³/mol. The van der Waals surface area contributed by atoms with Crippen molar-refractivity contribution >= 4 is 11.9 Å². The first-order chi connectivity index (χ1) is 6.15. The van der Waals surface area contributed by atoms with E-state index in [1.54, 1.807) is 0 Å². The number of nitrogens with one attached hydrogen (secondary N) is 1. The number of H-pyrrole nitrogens is 1. The Morgan fingerprint density at radius 2 is 2.31 bits per heavy atom. The van der Waals surface area contributed by atoms with Gasteiger partial charge in [-0.1, -0.05) is 0 Å². The Morgan fingerprint density at radius 1 is 1.62 bits per heavy atom. The van der Waals surface area contributed by atoms with Crippen molar-refractivity contribution in [3.05, 3.63) is 23.5 Å². The number of carbonyl (C=O) groups is 2. The topological polar surface area (TPSA) is 79.4 Å². The largest absolute Gasteiger partial charge is 0.481 e. The normalized spacial score (nSPS) is 9.62. The summed E-state index contributed by atoms with van der Waals surface area (Å²) in [5.74, 6) is -1.52. The van der Waals surface area contributed by atoms with Gasteiger partial charge in [-0.3, -0.25) is 4.79 Å². The standard InChI is InChI=1S/C8H9NO4/c1-13-8(12)5-2-3-9-6(5)4-7(10)11/h2-3,9H,4H2,1H3,(H,10,11). The Bertz CT molecular complexity index is 329. The van der Waals surface area contributed by atoms with Crippen molar-refractivity contribution in [1.82, 2.24) is 4.98 Å². The first-order valence-corrected chi connectivity index (χ1v) is 3.61. The number of rotatable bonds is 3. The van der Waals surface area contributed by atoms with E-state index in [2.05, 4.69) is 9.72 Å². The van der Waals surface area contributed by atoms with E-state index in [0.29, 0.717) is 5.69 Å². The summed E-state index contributed by atoms with van der Waals surface area (Å²) in [6.07, 6.45) is 1.29. The molecule has 5 nitrogen and oxygen atoms in total. The highest BCUT2D eigenvalue weighted by Crippen LogP contribution is 2.08. The van der Waals surface area contributed by atoms with Crippen LogP contribution in [0.5, 0.6) is 0 Å². The van der Waals surface area contributed by atoms with Crippen LogP contribution in [-0.2, 0) is 16.0 Å². The quantitative estimate of drug-likeness (QED) is 0.666. The minimum atomic E-state index is -0.993. The Kier molecular flexibility index (Phi) is 2.69. The Morgan fingerprint density at radius 3 is 2.85 bits per heavy atom. The third-order valence-corrected chi connectivity index (χ3v) is 1.57. The number of hydrogen-bond donors (Lipinski definition) is 2. The molecule has 70 valence electrons. The Hall–Kier alpha value is -1.78. The van der Waals surface area contributed by atoms with Crippen LogP contribution in [-0.4, -0.2) is 29.1 Å². The van der Waals surface area contributed by atoms with E-state index in [1.165, 1.54) is 19.4 Å². The van der Waals surface area contributed by atoms with E-state index < -0.39 is 11.9 Å². The fraction of sp³-hybridized carbons (Fsp3) is 0.250. The third-order valence-electron chi connectivity index (χ3n) is 1.57. The Balaban J connectivity index is 2.89. The molecule has 0 unspecified atom stereocenters. The van der Waals surface area contributed by atoms with Gasteiger partial charge >= 0.3 is 11.9 Å². The summed E-state index contributed by atoms with van der Waals surface area (Å²) in [6, 6.07) is 1.49. The number of aromatic amines is 1. The summed E-state index contributed by atoms with van der Waals surface area (Å²) < 4.78 is 4.46. The molecule has 0 fully saturated rings. The molecule has 0 radical (unpaired) electrons. The first kappa shape index (κ1) is 9.31. The monoisotopic (exact) mass is 183 g/mol. The van der Waals surface area contributed by atoms with E-state index in [-0.39, 0.29) is 12.0 Å². The zero-order valence-electron chi connectivity index (χ0n) is 7.03. The molecule has 0 bridgehead atoms. The molecule has 1 aromatic rings. The molecule has 0 aliphatic heterocycles. The molecule has 2 N–H and O–H groups in total. The molecular formula is C8H9NO4. The smallest absolute Gasteiger partial charge is 0.339 e. The molecule has 0 aliphatic carbocycles. The number of aromatic nitrogens is 1. The summed E-state index contributed by atoms with van der Waals surface area (Å²) in [7, 11) is 1.25. The predicted octanol–water partition coefficient (Wildman–Crippen LogP) is 0.428. The molecular weight excluding hydrogens is 174 g/mol. The van der Waals surface area contributed by atoms with Crippen LogP contribution in [0.2, 0.25) is 0 Å². The average molecular weight is 183 g/mol. The van der Waals surface area contributed by atoms with Crippen molar-refractivity contribution in [3.63, 3.8) is 0 Å². The molecule has 0 aromatic carbocycles. The molecule has 1 heterocycles. The summed E-state index contributed by atoms with van der Waals surface area (Å²) in [5, 5.41) is 8.49. The fourth-order valence-corrected chi connectivity index (χ4v) is 1.00. The maximum Gasteiger partial charge on any atom is 0.339 e. The van der Waals surface area contributed by atoms with Crippen LogP contribution in [0.4, 0.5) is 0 Å². The first-order valence-electron chi connectivity index (χ1n) is 3.61. The van der Waals surface area contributed by atoms with E-state index in [4.69, 9.17) is 5.11 Å². The molecule has 0 saturated heterocycles. The van der Waals surface area contributed by atoms with Crippen molar-refractivity contribution < 1.29 is 19.4 Å². The average Bonchev–Trinajstić information content (AvgIpc) is 2.50. The van der Waals surface area contributed by atoms with Crippen LogP contribution in [0.3, 0.4) is 0 Å². The number of ether oxygens (including phenoxy) is 1. The summed E-state index contributed by atoms with van der Waals surface area (Å²) >= 11 is 0. The number of methoxy groups -OCH3 is 1. The summed E-state index contributed by atoms with van der Waals surface area (Å²) in [4.78, 5) is 24.1. The van der Waals surface area contributed by atoms with Crippen molar-refractivity contribution in [2.24, 2.45) is 0 Å². The molecule has 0 aliphatic rings. The van der Waals surface area contributed by atoms with Crippen molar-refractivity contribution in [2.75, 3.05) is 7.11 Å². The van der Waals surface area contributed by atoms with E-state index in [1.807, 2.05) is 0 Å². The van der Waals surface area contributed by atoms with Gasteiger partial charge in [-0.2, -0.15) is 0 Å². The minimum Gasteiger partial charge on any atom is -0.481 e. The van der Waals surface area contributed by atoms with Crippen LogP contribution >= 0.6 is 0 Å². The SMILES string of the molecule is COC(=O)c1cc[nH]c1CC(=O)O. The van der Waals surface area contributed by atoms with Crippen LogP contribution < -0.4 is 0 Å². The van der Waals surface area contributed by atoms with Gasteiger partial charge in [0.15, 0.2) is 0 Å². The third kappa shape index (κ3) is 2.08. The van der Waals surface area contributed by atoms with Gasteiger partial charge in [-0.05, 0) is 6.07 Å². The molecule has 5 heteroatoms. The molecule has 0 atom stereocenters.